The maximum absolute atomic E-state index is 13.4. The Morgan fingerprint density at radius 2 is 1.96 bits per heavy atom. The van der Waals surface area contributed by atoms with Gasteiger partial charge in [-0.15, -0.1) is 11.3 Å². The first-order valence-electron chi connectivity index (χ1n) is 7.63. The lowest BCUT2D eigenvalue weighted by Crippen LogP contribution is -2.29. The molecule has 0 aliphatic carbocycles. The first-order valence-corrected chi connectivity index (χ1v) is 9.95. The third kappa shape index (κ3) is 3.45. The number of hydrogen-bond acceptors (Lipinski definition) is 6. The van der Waals surface area contributed by atoms with E-state index in [1.54, 1.807) is 0 Å². The molecule has 1 saturated heterocycles. The summed E-state index contributed by atoms with van der Waals surface area (Å²) in [6.45, 7) is 0.812. The Bertz CT molecular complexity index is 967. The Balaban J connectivity index is 1.87. The van der Waals surface area contributed by atoms with Crippen LogP contribution in [0.5, 0.6) is 0 Å². The van der Waals surface area contributed by atoms with Gasteiger partial charge in [0, 0.05) is 24.8 Å². The topological polar surface area (TPSA) is 110 Å². The summed E-state index contributed by atoms with van der Waals surface area (Å²) in [4.78, 5) is 22.2. The van der Waals surface area contributed by atoms with Crippen LogP contribution in [-0.2, 0) is 10.0 Å². The first kappa shape index (κ1) is 18.4. The van der Waals surface area contributed by atoms with E-state index in [1.165, 1.54) is 21.8 Å². The van der Waals surface area contributed by atoms with E-state index in [-0.39, 0.29) is 15.5 Å². The minimum atomic E-state index is -3.78. The summed E-state index contributed by atoms with van der Waals surface area (Å²) in [7, 11) is -3.78. The van der Waals surface area contributed by atoms with Crippen molar-refractivity contribution in [3.05, 3.63) is 50.5 Å². The summed E-state index contributed by atoms with van der Waals surface area (Å²) in [5, 5.41) is 14.7. The maximum Gasteiger partial charge on any atom is 0.306 e. The number of carbonyl (C=O) groups excluding carboxylic acids is 1. The van der Waals surface area contributed by atoms with Crippen LogP contribution in [0.3, 0.4) is 0 Å². The van der Waals surface area contributed by atoms with Crippen LogP contribution < -0.4 is 5.32 Å². The molecule has 1 fully saturated rings. The van der Waals surface area contributed by atoms with Crippen LogP contribution in [0.4, 0.5) is 15.8 Å². The van der Waals surface area contributed by atoms with E-state index in [2.05, 4.69) is 5.32 Å². The minimum absolute atomic E-state index is 0.000945. The average molecular weight is 399 g/mol. The molecule has 1 amide bonds. The van der Waals surface area contributed by atoms with E-state index in [0.717, 1.165) is 36.3 Å². The highest BCUT2D eigenvalue weighted by atomic mass is 32.2. The number of nitro benzene ring substituents is 1. The zero-order valence-corrected chi connectivity index (χ0v) is 15.0. The van der Waals surface area contributed by atoms with E-state index in [9.17, 15) is 27.7 Å². The van der Waals surface area contributed by atoms with Gasteiger partial charge in [0.05, 0.1) is 4.92 Å². The van der Waals surface area contributed by atoms with Crippen LogP contribution in [0.15, 0.2) is 34.5 Å². The molecule has 0 spiro atoms. The Morgan fingerprint density at radius 1 is 1.27 bits per heavy atom. The van der Waals surface area contributed by atoms with Crippen molar-refractivity contribution in [3.63, 3.8) is 0 Å². The van der Waals surface area contributed by atoms with Crippen molar-refractivity contribution in [2.45, 2.75) is 17.7 Å². The quantitative estimate of drug-likeness (QED) is 0.614. The van der Waals surface area contributed by atoms with E-state index in [4.69, 9.17) is 0 Å². The number of hydrogen-bond donors (Lipinski definition) is 1. The highest BCUT2D eigenvalue weighted by Crippen LogP contribution is 2.29. The third-order valence-electron chi connectivity index (χ3n) is 3.92. The van der Waals surface area contributed by atoms with Crippen molar-refractivity contribution in [1.29, 1.82) is 0 Å². The summed E-state index contributed by atoms with van der Waals surface area (Å²) in [5.74, 6) is -1.75. The monoisotopic (exact) mass is 399 g/mol. The van der Waals surface area contributed by atoms with Gasteiger partial charge in [-0.25, -0.2) is 8.42 Å². The Morgan fingerprint density at radius 3 is 2.62 bits per heavy atom. The normalized spacial score (nSPS) is 15.1. The molecule has 0 atom stereocenters. The van der Waals surface area contributed by atoms with Gasteiger partial charge in [0.2, 0.25) is 15.8 Å². The lowest BCUT2D eigenvalue weighted by Gasteiger charge is -2.15. The average Bonchev–Trinajstić information content (AvgIpc) is 3.28. The largest absolute Gasteiger partial charge is 0.321 e. The molecule has 1 aromatic heterocycles. The molecule has 2 heterocycles. The standard InChI is InChI=1S/C15H14FN3O5S2/c16-11-4-3-10(9-12(11)19(21)22)17-15(20)14-13(5-8-25-14)26(23,24)18-6-1-2-7-18/h3-5,8-9H,1-2,6-7H2,(H,17,20). The summed E-state index contributed by atoms with van der Waals surface area (Å²) in [5.41, 5.74) is -0.778. The smallest absolute Gasteiger partial charge is 0.306 e. The molecule has 1 aliphatic rings. The van der Waals surface area contributed by atoms with Crippen LogP contribution in [0.1, 0.15) is 22.5 Å². The first-order chi connectivity index (χ1) is 12.3. The highest BCUT2D eigenvalue weighted by Gasteiger charge is 2.32. The number of nitrogens with zero attached hydrogens (tertiary/aromatic N) is 2. The number of nitro groups is 1. The molecular formula is C15H14FN3O5S2. The fraction of sp³-hybridized carbons (Fsp3) is 0.267. The number of amides is 1. The molecule has 26 heavy (non-hydrogen) atoms. The van der Waals surface area contributed by atoms with E-state index in [0.29, 0.717) is 13.1 Å². The molecule has 138 valence electrons. The SMILES string of the molecule is O=C(Nc1ccc(F)c([N+](=O)[O-])c1)c1sccc1S(=O)(=O)N1CCCC1. The number of anilines is 1. The van der Waals surface area contributed by atoms with Gasteiger partial charge >= 0.3 is 5.69 Å². The van der Waals surface area contributed by atoms with Gasteiger partial charge in [-0.1, -0.05) is 0 Å². The van der Waals surface area contributed by atoms with E-state index >= 15 is 0 Å². The maximum atomic E-state index is 13.4. The van der Waals surface area contributed by atoms with Gasteiger partial charge in [-0.2, -0.15) is 8.70 Å². The van der Waals surface area contributed by atoms with Gasteiger partial charge < -0.3 is 5.32 Å². The number of benzene rings is 1. The minimum Gasteiger partial charge on any atom is -0.321 e. The second-order valence-corrected chi connectivity index (χ2v) is 8.43. The molecule has 0 saturated carbocycles. The van der Waals surface area contributed by atoms with Crippen LogP contribution in [-0.4, -0.2) is 36.6 Å². The van der Waals surface area contributed by atoms with Crippen LogP contribution in [0, 0.1) is 15.9 Å². The number of thiophene rings is 1. The van der Waals surface area contributed by atoms with Crippen molar-refractivity contribution in [2.75, 3.05) is 18.4 Å². The van der Waals surface area contributed by atoms with Gasteiger partial charge in [-0.05, 0) is 36.4 Å². The number of sulfonamides is 1. The molecule has 1 N–H and O–H groups in total. The Kier molecular flexibility index (Phi) is 5.03. The van der Waals surface area contributed by atoms with Gasteiger partial charge in [0.1, 0.15) is 9.77 Å². The number of rotatable bonds is 5. The predicted octanol–water partition coefficient (Wildman–Crippen LogP) is 2.83. The van der Waals surface area contributed by atoms with Crippen LogP contribution >= 0.6 is 11.3 Å². The second kappa shape index (κ2) is 7.09. The molecule has 11 heteroatoms. The lowest BCUT2D eigenvalue weighted by atomic mass is 10.2. The van der Waals surface area contributed by atoms with Crippen LogP contribution in [0.2, 0.25) is 0 Å². The van der Waals surface area contributed by atoms with Crippen LogP contribution in [0.25, 0.3) is 0 Å². The van der Waals surface area contributed by atoms with Crippen molar-refractivity contribution in [2.24, 2.45) is 0 Å². The second-order valence-electron chi connectivity index (χ2n) is 5.60. The number of carbonyl (C=O) groups is 1. The number of halogens is 1. The van der Waals surface area contributed by atoms with Gasteiger partial charge in [0.25, 0.3) is 5.91 Å². The van der Waals surface area contributed by atoms with E-state index < -0.39 is 32.4 Å². The van der Waals surface area contributed by atoms with Crippen molar-refractivity contribution < 1.29 is 22.5 Å². The molecule has 1 aromatic carbocycles. The van der Waals surface area contributed by atoms with Crippen molar-refractivity contribution in [3.8, 4) is 0 Å². The number of nitrogens with one attached hydrogen (secondary N) is 1. The lowest BCUT2D eigenvalue weighted by molar-refractivity contribution is -0.387. The zero-order chi connectivity index (χ0) is 18.9. The molecule has 2 aromatic rings. The van der Waals surface area contributed by atoms with E-state index in [1.807, 2.05) is 0 Å². The summed E-state index contributed by atoms with van der Waals surface area (Å²) >= 11 is 0.950. The molecule has 3 rings (SSSR count). The summed E-state index contributed by atoms with van der Waals surface area (Å²) in [6, 6.07) is 4.28. The Hall–Kier alpha value is -2.37. The summed E-state index contributed by atoms with van der Waals surface area (Å²) in [6.07, 6.45) is 1.54. The Labute approximate surface area is 152 Å². The molecule has 0 radical (unpaired) electrons. The van der Waals surface area contributed by atoms with Crippen molar-refractivity contribution >= 4 is 38.6 Å². The predicted molar refractivity (Wildman–Crippen MR) is 93.3 cm³/mol. The molecule has 1 aliphatic heterocycles. The third-order valence-corrected chi connectivity index (χ3v) is 6.90. The fourth-order valence-electron chi connectivity index (χ4n) is 2.65. The molecule has 0 bridgehead atoms. The van der Waals surface area contributed by atoms with Crippen molar-refractivity contribution in [1.82, 2.24) is 4.31 Å². The van der Waals surface area contributed by atoms with Gasteiger partial charge in [0.15, 0.2) is 0 Å². The molecule has 0 unspecified atom stereocenters. The highest BCUT2D eigenvalue weighted by molar-refractivity contribution is 7.89. The molecular weight excluding hydrogens is 385 g/mol. The zero-order valence-electron chi connectivity index (χ0n) is 13.3. The summed E-state index contributed by atoms with van der Waals surface area (Å²) < 4.78 is 40.1. The van der Waals surface area contributed by atoms with Gasteiger partial charge in [-0.3, -0.25) is 14.9 Å². The fourth-order valence-corrected chi connectivity index (χ4v) is 5.46. The molecule has 8 nitrogen and oxygen atoms in total.